The molecule has 1 aliphatic heterocycles. The third kappa shape index (κ3) is 3.40. The first kappa shape index (κ1) is 14.6. The molecule has 0 aliphatic carbocycles. The van der Waals surface area contributed by atoms with Gasteiger partial charge in [-0.2, -0.15) is 0 Å². The zero-order valence-electron chi connectivity index (χ0n) is 12.2. The van der Waals surface area contributed by atoms with E-state index in [1.165, 1.54) is 13.0 Å². The molecule has 0 spiro atoms. The normalized spacial score (nSPS) is 21.5. The third-order valence-corrected chi connectivity index (χ3v) is 4.28. The van der Waals surface area contributed by atoms with E-state index in [9.17, 15) is 0 Å². The van der Waals surface area contributed by atoms with Crippen LogP contribution in [-0.4, -0.2) is 42.6 Å². The number of aryl methyl sites for hydroxylation is 1. The highest BCUT2D eigenvalue weighted by Crippen LogP contribution is 2.22. The van der Waals surface area contributed by atoms with Crippen LogP contribution >= 0.6 is 11.6 Å². The van der Waals surface area contributed by atoms with Crippen molar-refractivity contribution in [1.29, 1.82) is 0 Å². The van der Waals surface area contributed by atoms with Gasteiger partial charge in [0.25, 0.3) is 0 Å². The summed E-state index contributed by atoms with van der Waals surface area (Å²) >= 11 is 5.91. The Hall–Kier alpha value is -0.800. The number of nitrogens with zero attached hydrogens (tertiary/aromatic N) is 3. The molecule has 1 fully saturated rings. The van der Waals surface area contributed by atoms with Crippen molar-refractivity contribution in [3.05, 3.63) is 23.4 Å². The lowest BCUT2D eigenvalue weighted by Crippen LogP contribution is -2.40. The number of aromatic nitrogens is 1. The van der Waals surface area contributed by atoms with Crippen molar-refractivity contribution in [3.63, 3.8) is 0 Å². The zero-order valence-corrected chi connectivity index (χ0v) is 13.0. The molecule has 1 aliphatic rings. The monoisotopic (exact) mass is 281 g/mol. The molecule has 0 aromatic carbocycles. The number of rotatable bonds is 3. The molecule has 1 atom stereocenters. The molecule has 1 aromatic heterocycles. The summed E-state index contributed by atoms with van der Waals surface area (Å²) in [5.41, 5.74) is 2.19. The maximum Gasteiger partial charge on any atom is 0.129 e. The fraction of sp³-hybridized carbons (Fsp3) is 0.667. The van der Waals surface area contributed by atoms with E-state index in [4.69, 9.17) is 16.6 Å². The first-order valence-corrected chi connectivity index (χ1v) is 7.66. The van der Waals surface area contributed by atoms with Gasteiger partial charge < -0.3 is 9.80 Å². The highest BCUT2D eigenvalue weighted by atomic mass is 35.5. The summed E-state index contributed by atoms with van der Waals surface area (Å²) in [4.78, 5) is 9.65. The van der Waals surface area contributed by atoms with Gasteiger partial charge >= 0.3 is 0 Å². The maximum absolute atomic E-state index is 5.91. The van der Waals surface area contributed by atoms with Crippen molar-refractivity contribution in [2.45, 2.75) is 38.6 Å². The zero-order chi connectivity index (χ0) is 13.8. The average Bonchev–Trinajstić information content (AvgIpc) is 2.60. The topological polar surface area (TPSA) is 19.4 Å². The number of anilines is 1. The van der Waals surface area contributed by atoms with E-state index < -0.39 is 0 Å². The van der Waals surface area contributed by atoms with Crippen LogP contribution < -0.4 is 4.90 Å². The number of pyridine rings is 1. The van der Waals surface area contributed by atoms with Crippen LogP contribution in [0.25, 0.3) is 0 Å². The van der Waals surface area contributed by atoms with Gasteiger partial charge in [0.2, 0.25) is 0 Å². The van der Waals surface area contributed by atoms with Gasteiger partial charge in [0.05, 0.1) is 0 Å². The lowest BCUT2D eigenvalue weighted by atomic mass is 10.1. The van der Waals surface area contributed by atoms with Gasteiger partial charge in [-0.3, -0.25) is 0 Å². The molecule has 2 rings (SSSR count). The second-order valence-electron chi connectivity index (χ2n) is 5.42. The van der Waals surface area contributed by atoms with Gasteiger partial charge in [0.1, 0.15) is 5.82 Å². The molecule has 1 aromatic rings. The Morgan fingerprint density at radius 1 is 1.37 bits per heavy atom. The summed E-state index contributed by atoms with van der Waals surface area (Å²) in [6.07, 6.45) is 2.35. The van der Waals surface area contributed by atoms with Gasteiger partial charge in [0.15, 0.2) is 0 Å². The van der Waals surface area contributed by atoms with Gasteiger partial charge in [-0.05, 0) is 45.0 Å². The van der Waals surface area contributed by atoms with E-state index in [0.29, 0.717) is 11.9 Å². The fourth-order valence-electron chi connectivity index (χ4n) is 2.77. The number of likely N-dealkylation sites (N-methyl/N-ethyl adjacent to an activating group) is 1. The lowest BCUT2D eigenvalue weighted by Gasteiger charge is -2.31. The maximum atomic E-state index is 5.91. The van der Waals surface area contributed by atoms with Crippen LogP contribution in [0.3, 0.4) is 0 Å². The van der Waals surface area contributed by atoms with Gasteiger partial charge in [-0.15, -0.1) is 11.6 Å². The molecule has 1 saturated heterocycles. The van der Waals surface area contributed by atoms with Gasteiger partial charge in [-0.25, -0.2) is 4.98 Å². The van der Waals surface area contributed by atoms with Crippen molar-refractivity contribution in [2.24, 2.45) is 0 Å². The van der Waals surface area contributed by atoms with Gasteiger partial charge in [0, 0.05) is 30.7 Å². The molecule has 0 amide bonds. The molecule has 0 N–H and O–H groups in total. The summed E-state index contributed by atoms with van der Waals surface area (Å²) in [7, 11) is 2.21. The quantitative estimate of drug-likeness (QED) is 0.794. The molecule has 0 bridgehead atoms. The van der Waals surface area contributed by atoms with Crippen LogP contribution in [0.2, 0.25) is 0 Å². The van der Waals surface area contributed by atoms with Crippen molar-refractivity contribution in [2.75, 3.05) is 31.6 Å². The Morgan fingerprint density at radius 2 is 2.16 bits per heavy atom. The molecule has 2 heterocycles. The van der Waals surface area contributed by atoms with Crippen molar-refractivity contribution in [3.8, 4) is 0 Å². The Morgan fingerprint density at radius 3 is 2.79 bits per heavy atom. The Labute approximate surface area is 121 Å². The summed E-state index contributed by atoms with van der Waals surface area (Å²) in [6, 6.07) is 4.80. The van der Waals surface area contributed by atoms with E-state index in [1.54, 1.807) is 0 Å². The predicted octanol–water partition coefficient (Wildman–Crippen LogP) is 3.05. The molecular weight excluding hydrogens is 258 g/mol. The molecular formula is C15H24ClN3. The Bertz CT molecular complexity index is 422. The van der Waals surface area contributed by atoms with Crippen molar-refractivity contribution in [1.82, 2.24) is 9.88 Å². The largest absolute Gasteiger partial charge is 0.352 e. The molecule has 19 heavy (non-hydrogen) atoms. The van der Waals surface area contributed by atoms with E-state index >= 15 is 0 Å². The minimum absolute atomic E-state index is 0.541. The van der Waals surface area contributed by atoms with Crippen LogP contribution in [0.15, 0.2) is 12.1 Å². The standard InChI is InChI=1S/C15H24ClN3/c1-4-14-11-18(3)8-5-9-19(14)15-7-6-13(10-16)12(2)17-15/h6-7,14H,4-5,8-11H2,1-3H3. The van der Waals surface area contributed by atoms with Crippen LogP contribution in [0.1, 0.15) is 31.0 Å². The van der Waals surface area contributed by atoms with Crippen LogP contribution in [-0.2, 0) is 5.88 Å². The molecule has 106 valence electrons. The summed E-state index contributed by atoms with van der Waals surface area (Å²) in [5.74, 6) is 1.65. The lowest BCUT2D eigenvalue weighted by molar-refractivity contribution is 0.327. The smallest absolute Gasteiger partial charge is 0.129 e. The first-order valence-electron chi connectivity index (χ1n) is 7.13. The third-order valence-electron chi connectivity index (χ3n) is 3.99. The molecule has 0 saturated carbocycles. The van der Waals surface area contributed by atoms with E-state index in [2.05, 4.69) is 35.9 Å². The number of hydrogen-bond donors (Lipinski definition) is 0. The second kappa shape index (κ2) is 6.58. The SMILES string of the molecule is CCC1CN(C)CCCN1c1ccc(CCl)c(C)n1. The van der Waals surface area contributed by atoms with Crippen molar-refractivity contribution < 1.29 is 0 Å². The molecule has 0 radical (unpaired) electrons. The molecule has 4 heteroatoms. The second-order valence-corrected chi connectivity index (χ2v) is 5.69. The number of alkyl halides is 1. The van der Waals surface area contributed by atoms with E-state index in [1.807, 2.05) is 6.92 Å². The minimum atomic E-state index is 0.541. The predicted molar refractivity (Wildman–Crippen MR) is 82.1 cm³/mol. The Kier molecular flexibility index (Phi) is 5.06. The Balaban J connectivity index is 2.25. The van der Waals surface area contributed by atoms with Crippen LogP contribution in [0.5, 0.6) is 0 Å². The number of hydrogen-bond acceptors (Lipinski definition) is 3. The van der Waals surface area contributed by atoms with Crippen LogP contribution in [0, 0.1) is 6.92 Å². The minimum Gasteiger partial charge on any atom is -0.352 e. The van der Waals surface area contributed by atoms with Crippen LogP contribution in [0.4, 0.5) is 5.82 Å². The van der Waals surface area contributed by atoms with E-state index in [-0.39, 0.29) is 0 Å². The average molecular weight is 282 g/mol. The number of halogens is 1. The molecule has 1 unspecified atom stereocenters. The van der Waals surface area contributed by atoms with Gasteiger partial charge in [-0.1, -0.05) is 13.0 Å². The first-order chi connectivity index (χ1) is 9.15. The van der Waals surface area contributed by atoms with Crippen molar-refractivity contribution >= 4 is 17.4 Å². The highest BCUT2D eigenvalue weighted by molar-refractivity contribution is 6.17. The highest BCUT2D eigenvalue weighted by Gasteiger charge is 2.23. The summed E-state index contributed by atoms with van der Waals surface area (Å²) < 4.78 is 0. The summed E-state index contributed by atoms with van der Waals surface area (Å²) in [5, 5.41) is 0. The molecule has 3 nitrogen and oxygen atoms in total. The summed E-state index contributed by atoms with van der Waals surface area (Å²) in [6.45, 7) is 7.69. The van der Waals surface area contributed by atoms with E-state index in [0.717, 1.165) is 36.6 Å². The fourth-order valence-corrected chi connectivity index (χ4v) is 3.05.